The van der Waals surface area contributed by atoms with E-state index in [9.17, 15) is 4.79 Å². The second-order valence-corrected chi connectivity index (χ2v) is 2.33. The van der Waals surface area contributed by atoms with Crippen molar-refractivity contribution < 1.29 is 4.79 Å². The number of carbonyl (C=O) groups is 1. The highest BCUT2D eigenvalue weighted by Gasteiger charge is 1.94. The molecule has 0 radical (unpaired) electrons. The van der Waals surface area contributed by atoms with Crippen LogP contribution < -0.4 is 0 Å². The van der Waals surface area contributed by atoms with E-state index in [1.807, 2.05) is 0 Å². The van der Waals surface area contributed by atoms with Gasteiger partial charge >= 0.3 is 0 Å². The van der Waals surface area contributed by atoms with Gasteiger partial charge in [-0.05, 0) is 18.0 Å². The standard InChI is InChI=1S/C5H6Cl2O/c1-4(6)2-3-5(7)8/h1-3H2. The Labute approximate surface area is 58.3 Å². The van der Waals surface area contributed by atoms with Crippen LogP contribution >= 0.6 is 23.2 Å². The molecular formula is C5H6Cl2O. The van der Waals surface area contributed by atoms with Crippen LogP contribution in [0.5, 0.6) is 0 Å². The summed E-state index contributed by atoms with van der Waals surface area (Å²) < 4.78 is 0. The molecule has 0 rings (SSSR count). The van der Waals surface area contributed by atoms with Gasteiger partial charge in [-0.15, -0.1) is 0 Å². The normalized spacial score (nSPS) is 8.75. The number of allylic oxidation sites excluding steroid dienone is 1. The molecule has 1 nitrogen and oxygen atoms in total. The molecule has 0 aliphatic rings. The van der Waals surface area contributed by atoms with Gasteiger partial charge in [-0.1, -0.05) is 18.2 Å². The molecule has 0 aromatic rings. The Morgan fingerprint density at radius 3 is 2.00 bits per heavy atom. The quantitative estimate of drug-likeness (QED) is 0.568. The summed E-state index contributed by atoms with van der Waals surface area (Å²) in [6, 6.07) is 0. The Morgan fingerprint density at radius 2 is 1.88 bits per heavy atom. The average Bonchev–Trinajstić information content (AvgIpc) is 1.61. The summed E-state index contributed by atoms with van der Waals surface area (Å²) in [6.07, 6.45) is 0.758. The summed E-state index contributed by atoms with van der Waals surface area (Å²) >= 11 is 10.3. The van der Waals surface area contributed by atoms with Gasteiger partial charge in [-0.25, -0.2) is 0 Å². The molecule has 0 aliphatic carbocycles. The van der Waals surface area contributed by atoms with Gasteiger partial charge in [0.25, 0.3) is 0 Å². The molecule has 0 spiro atoms. The third kappa shape index (κ3) is 5.99. The Morgan fingerprint density at radius 1 is 1.38 bits per heavy atom. The van der Waals surface area contributed by atoms with E-state index >= 15 is 0 Å². The lowest BCUT2D eigenvalue weighted by molar-refractivity contribution is -0.111. The van der Waals surface area contributed by atoms with Gasteiger partial charge < -0.3 is 0 Å². The van der Waals surface area contributed by atoms with Crippen LogP contribution in [0.1, 0.15) is 12.8 Å². The van der Waals surface area contributed by atoms with Gasteiger partial charge in [-0.2, -0.15) is 0 Å². The minimum absolute atomic E-state index is 0.282. The fraction of sp³-hybridized carbons (Fsp3) is 0.400. The van der Waals surface area contributed by atoms with E-state index in [0.29, 0.717) is 11.5 Å². The van der Waals surface area contributed by atoms with Crippen LogP contribution in [0.3, 0.4) is 0 Å². The van der Waals surface area contributed by atoms with Gasteiger partial charge in [0, 0.05) is 11.5 Å². The van der Waals surface area contributed by atoms with Gasteiger partial charge in [0.2, 0.25) is 5.24 Å². The highest BCUT2D eigenvalue weighted by molar-refractivity contribution is 6.63. The number of rotatable bonds is 3. The molecule has 3 heteroatoms. The second kappa shape index (κ2) is 3.93. The zero-order valence-electron chi connectivity index (χ0n) is 4.29. The summed E-state index contributed by atoms with van der Waals surface area (Å²) in [5.74, 6) is 0. The van der Waals surface area contributed by atoms with Gasteiger partial charge in [0.05, 0.1) is 0 Å². The Bertz CT molecular complexity index is 95.0. The van der Waals surface area contributed by atoms with Crippen LogP contribution in [0.2, 0.25) is 0 Å². The van der Waals surface area contributed by atoms with Crippen LogP contribution in [0, 0.1) is 0 Å². The van der Waals surface area contributed by atoms with E-state index in [0.717, 1.165) is 0 Å². The fourth-order valence-electron chi connectivity index (χ4n) is 0.234. The van der Waals surface area contributed by atoms with E-state index in [1.54, 1.807) is 0 Å². The topological polar surface area (TPSA) is 17.1 Å². The molecule has 0 saturated carbocycles. The van der Waals surface area contributed by atoms with E-state index < -0.39 is 0 Å². The average molecular weight is 153 g/mol. The van der Waals surface area contributed by atoms with Crippen molar-refractivity contribution in [1.29, 1.82) is 0 Å². The van der Waals surface area contributed by atoms with Crippen LogP contribution in [0.25, 0.3) is 0 Å². The highest BCUT2D eigenvalue weighted by atomic mass is 35.5. The first-order valence-electron chi connectivity index (χ1n) is 2.14. The van der Waals surface area contributed by atoms with Crippen molar-refractivity contribution in [3.8, 4) is 0 Å². The summed E-state index contributed by atoms with van der Waals surface area (Å²) in [5.41, 5.74) is 0. The van der Waals surface area contributed by atoms with E-state index in [1.165, 1.54) is 0 Å². The maximum Gasteiger partial charge on any atom is 0.221 e. The molecule has 0 amide bonds. The minimum atomic E-state index is -0.369. The van der Waals surface area contributed by atoms with Crippen molar-refractivity contribution in [3.05, 3.63) is 11.6 Å². The maximum atomic E-state index is 10.0. The number of hydrogen-bond acceptors (Lipinski definition) is 1. The smallest absolute Gasteiger partial charge is 0.221 e. The summed E-state index contributed by atoms with van der Waals surface area (Å²) in [4.78, 5) is 10.0. The minimum Gasteiger partial charge on any atom is -0.281 e. The molecule has 0 saturated heterocycles. The molecule has 0 aromatic heterocycles. The summed E-state index contributed by atoms with van der Waals surface area (Å²) in [6.45, 7) is 3.38. The second-order valence-electron chi connectivity index (χ2n) is 1.37. The van der Waals surface area contributed by atoms with E-state index in [-0.39, 0.29) is 11.7 Å². The van der Waals surface area contributed by atoms with Crippen molar-refractivity contribution in [2.24, 2.45) is 0 Å². The number of carbonyl (C=O) groups excluding carboxylic acids is 1. The van der Waals surface area contributed by atoms with Crippen LogP contribution in [-0.2, 0) is 4.79 Å². The summed E-state index contributed by atoms with van der Waals surface area (Å²) in [7, 11) is 0. The SMILES string of the molecule is C=C(Cl)CCC(=O)Cl. The predicted molar refractivity (Wildman–Crippen MR) is 35.1 cm³/mol. The molecule has 0 aliphatic heterocycles. The summed E-state index contributed by atoms with van der Waals surface area (Å²) in [5, 5.41) is 0.103. The molecule has 0 atom stereocenters. The molecule has 0 unspecified atom stereocenters. The lowest BCUT2D eigenvalue weighted by Gasteiger charge is -1.88. The Balaban J connectivity index is 3.18. The third-order valence-electron chi connectivity index (χ3n) is 0.593. The predicted octanol–water partition coefficient (Wildman–Crippen LogP) is 2.28. The lowest BCUT2D eigenvalue weighted by atomic mass is 10.3. The zero-order chi connectivity index (χ0) is 6.57. The van der Waals surface area contributed by atoms with Gasteiger partial charge in [0.15, 0.2) is 0 Å². The Kier molecular flexibility index (Phi) is 3.92. The molecule has 0 aromatic carbocycles. The molecule has 0 N–H and O–H groups in total. The van der Waals surface area contributed by atoms with Crippen LogP contribution in [0.4, 0.5) is 0 Å². The van der Waals surface area contributed by atoms with Crippen molar-refractivity contribution in [2.45, 2.75) is 12.8 Å². The van der Waals surface area contributed by atoms with Crippen molar-refractivity contribution in [1.82, 2.24) is 0 Å². The zero-order valence-corrected chi connectivity index (χ0v) is 5.80. The van der Waals surface area contributed by atoms with E-state index in [4.69, 9.17) is 23.2 Å². The molecule has 0 fully saturated rings. The molecule has 0 bridgehead atoms. The third-order valence-corrected chi connectivity index (χ3v) is 0.971. The molecule has 8 heavy (non-hydrogen) atoms. The van der Waals surface area contributed by atoms with Gasteiger partial charge in [-0.3, -0.25) is 4.79 Å². The van der Waals surface area contributed by atoms with Crippen molar-refractivity contribution in [2.75, 3.05) is 0 Å². The largest absolute Gasteiger partial charge is 0.281 e. The molecule has 46 valence electrons. The monoisotopic (exact) mass is 152 g/mol. The highest BCUT2D eigenvalue weighted by Crippen LogP contribution is 2.07. The fourth-order valence-corrected chi connectivity index (χ4v) is 0.423. The first-order chi connectivity index (χ1) is 3.63. The Hall–Kier alpha value is -0.0100. The molecular weight excluding hydrogens is 147 g/mol. The molecule has 0 heterocycles. The van der Waals surface area contributed by atoms with Crippen molar-refractivity contribution in [3.63, 3.8) is 0 Å². The number of hydrogen-bond donors (Lipinski definition) is 0. The van der Waals surface area contributed by atoms with Gasteiger partial charge in [0.1, 0.15) is 0 Å². The lowest BCUT2D eigenvalue weighted by Crippen LogP contribution is -1.83. The van der Waals surface area contributed by atoms with E-state index in [2.05, 4.69) is 6.58 Å². The number of halogens is 2. The first-order valence-corrected chi connectivity index (χ1v) is 2.90. The maximum absolute atomic E-state index is 10.0. The van der Waals surface area contributed by atoms with Crippen molar-refractivity contribution >= 4 is 28.4 Å². The first kappa shape index (κ1) is 7.99. The van der Waals surface area contributed by atoms with Crippen LogP contribution in [-0.4, -0.2) is 5.24 Å². The van der Waals surface area contributed by atoms with Crippen LogP contribution in [0.15, 0.2) is 11.6 Å².